The number of hydrogen-bond donors (Lipinski definition) is 0. The van der Waals surface area contributed by atoms with Crippen LogP contribution in [-0.4, -0.2) is 37.0 Å². The average Bonchev–Trinajstić information content (AvgIpc) is 4.13. The van der Waals surface area contributed by atoms with E-state index in [1.165, 1.54) is 16.2 Å². The molecule has 6 heterocycles. The van der Waals surface area contributed by atoms with Gasteiger partial charge in [-0.1, -0.05) is 97.1 Å². The molecule has 0 aliphatic heterocycles. The number of para-hydroxylation sites is 10. The smallest absolute Gasteiger partial charge is 0.220 e. The van der Waals surface area contributed by atoms with E-state index in [1.54, 1.807) is 0 Å². The van der Waals surface area contributed by atoms with Gasteiger partial charge in [0.15, 0.2) is 0 Å². The van der Waals surface area contributed by atoms with Crippen LogP contribution in [0, 0.1) is 0 Å². The van der Waals surface area contributed by atoms with Crippen LogP contribution in [-0.2, 0) is 0 Å². The van der Waals surface area contributed by atoms with Crippen molar-refractivity contribution in [2.24, 2.45) is 0 Å². The van der Waals surface area contributed by atoms with Crippen molar-refractivity contribution < 1.29 is 0 Å². The molecule has 0 fully saturated rings. The molecule has 14 rings (SSSR count). The van der Waals surface area contributed by atoms with Crippen molar-refractivity contribution in [1.29, 1.82) is 0 Å². The van der Waals surface area contributed by atoms with Crippen molar-refractivity contribution >= 4 is 88.5 Å². The lowest BCUT2D eigenvalue weighted by Gasteiger charge is -2.15. The van der Waals surface area contributed by atoms with Crippen LogP contribution in [0.5, 0.6) is 0 Å². The van der Waals surface area contributed by atoms with Crippen molar-refractivity contribution in [3.8, 4) is 22.7 Å². The van der Waals surface area contributed by atoms with Gasteiger partial charge in [-0.25, -0.2) is 9.97 Å². The normalized spacial score (nSPS) is 12.3. The van der Waals surface area contributed by atoms with Gasteiger partial charge in [0.05, 0.1) is 66.5 Å². The molecule has 6 aromatic heterocycles. The van der Waals surface area contributed by atoms with Gasteiger partial charge in [0.1, 0.15) is 5.65 Å². The second-order valence-electron chi connectivity index (χ2n) is 15.6. The van der Waals surface area contributed by atoms with E-state index in [0.29, 0.717) is 0 Å². The van der Waals surface area contributed by atoms with Gasteiger partial charge in [-0.2, -0.15) is 0 Å². The number of hydrogen-bond acceptors (Lipinski definition) is 2. The SMILES string of the molecule is c1cc(-n2c3ccccc3c3c4ccccc4n(-c4cccc(-n5c6ccccc6n6c7ccccc7nc56)c4)c32)cc(-n2c3ccccc3n3c4ccccc4nc23)c1. The van der Waals surface area contributed by atoms with Gasteiger partial charge in [-0.3, -0.25) is 27.1 Å². The van der Waals surface area contributed by atoms with Crippen molar-refractivity contribution in [3.05, 3.63) is 194 Å². The van der Waals surface area contributed by atoms with Gasteiger partial charge in [-0.05, 0) is 97.1 Å². The zero-order valence-corrected chi connectivity index (χ0v) is 32.1. The predicted octanol–water partition coefficient (Wildman–Crippen LogP) is 12.2. The zero-order chi connectivity index (χ0) is 39.1. The minimum absolute atomic E-state index is 0.889. The third-order valence-electron chi connectivity index (χ3n) is 12.4. The Hall–Kier alpha value is -8.36. The highest BCUT2D eigenvalue weighted by Crippen LogP contribution is 2.42. The molecule has 0 saturated heterocycles. The Morgan fingerprint density at radius 3 is 1.08 bits per heavy atom. The molecule has 0 aliphatic carbocycles. The molecule has 0 aliphatic rings. The summed E-state index contributed by atoms with van der Waals surface area (Å²) in [5, 5.41) is 3.64. The van der Waals surface area contributed by atoms with Crippen LogP contribution in [0.2, 0.25) is 0 Å². The third kappa shape index (κ3) is 4.08. The standard InChI is InChI=1S/C52H32N8/c1-5-23-41-37(19-1)49-38-20-2-6-24-42(38)56(34-16-14-18-36(32-34)58-46-28-10-12-30-48(46)60-44-26-8-4-22-40(44)54-52(58)60)50(49)55(41)33-15-13-17-35(31-33)57-45-27-9-11-29-47(45)59-43-25-7-3-21-39(43)53-51(57)59/h1-32H. The number of fused-ring (bicyclic) bond motifs is 15. The first-order valence-corrected chi connectivity index (χ1v) is 20.3. The zero-order valence-electron chi connectivity index (χ0n) is 32.1. The lowest BCUT2D eigenvalue weighted by molar-refractivity contribution is 1.05. The van der Waals surface area contributed by atoms with Crippen LogP contribution in [0.15, 0.2) is 194 Å². The van der Waals surface area contributed by atoms with Gasteiger partial charge in [0.2, 0.25) is 11.6 Å². The third-order valence-corrected chi connectivity index (χ3v) is 12.4. The molecule has 0 amide bonds. The van der Waals surface area contributed by atoms with Crippen LogP contribution in [0.1, 0.15) is 0 Å². The summed E-state index contributed by atoms with van der Waals surface area (Å²) in [7, 11) is 0. The summed E-state index contributed by atoms with van der Waals surface area (Å²) in [4.78, 5) is 10.4. The molecule has 0 atom stereocenters. The lowest BCUT2D eigenvalue weighted by Crippen LogP contribution is -2.04. The van der Waals surface area contributed by atoms with E-state index in [-0.39, 0.29) is 0 Å². The maximum Gasteiger partial charge on any atom is 0.220 e. The molecule has 0 saturated carbocycles. The summed E-state index contributed by atoms with van der Waals surface area (Å²) in [6.07, 6.45) is 0. The molecule has 0 N–H and O–H groups in total. The van der Waals surface area contributed by atoms with E-state index in [0.717, 1.165) is 95.1 Å². The molecule has 0 spiro atoms. The number of rotatable bonds is 4. The van der Waals surface area contributed by atoms with Crippen LogP contribution >= 0.6 is 0 Å². The fourth-order valence-electron chi connectivity index (χ4n) is 9.97. The van der Waals surface area contributed by atoms with Crippen molar-refractivity contribution in [2.45, 2.75) is 0 Å². The minimum atomic E-state index is 0.889. The molecule has 60 heavy (non-hydrogen) atoms. The largest absolute Gasteiger partial charge is 0.295 e. The first kappa shape index (κ1) is 31.7. The summed E-state index contributed by atoms with van der Waals surface area (Å²) in [5.41, 5.74) is 16.2. The molecule has 280 valence electrons. The Labute approximate surface area is 341 Å². The predicted molar refractivity (Wildman–Crippen MR) is 244 cm³/mol. The molecular formula is C52H32N8. The van der Waals surface area contributed by atoms with Crippen molar-refractivity contribution in [2.75, 3.05) is 0 Å². The maximum atomic E-state index is 5.19. The molecular weight excluding hydrogens is 737 g/mol. The number of nitrogens with zero attached hydrogens (tertiary/aromatic N) is 8. The van der Waals surface area contributed by atoms with Crippen molar-refractivity contribution in [3.63, 3.8) is 0 Å². The van der Waals surface area contributed by atoms with E-state index in [2.05, 4.69) is 221 Å². The summed E-state index contributed by atoms with van der Waals surface area (Å²) in [5.74, 6) is 1.78. The molecule has 0 unspecified atom stereocenters. The maximum absolute atomic E-state index is 5.19. The first-order chi connectivity index (χ1) is 29.8. The fraction of sp³-hybridized carbons (Fsp3) is 0. The number of aromatic nitrogens is 8. The summed E-state index contributed by atoms with van der Waals surface area (Å²) >= 11 is 0. The molecule has 8 heteroatoms. The first-order valence-electron chi connectivity index (χ1n) is 20.3. The number of benzene rings is 8. The minimum Gasteiger partial charge on any atom is -0.295 e. The molecule has 0 bridgehead atoms. The Bertz CT molecular complexity index is 3830. The summed E-state index contributed by atoms with van der Waals surface area (Å²) in [6.45, 7) is 0. The van der Waals surface area contributed by atoms with Gasteiger partial charge >= 0.3 is 0 Å². The second-order valence-corrected chi connectivity index (χ2v) is 15.6. The highest BCUT2D eigenvalue weighted by Gasteiger charge is 2.24. The monoisotopic (exact) mass is 768 g/mol. The Balaban J connectivity index is 1.05. The average molecular weight is 769 g/mol. The van der Waals surface area contributed by atoms with E-state index in [4.69, 9.17) is 9.97 Å². The highest BCUT2D eigenvalue weighted by atomic mass is 15.2. The van der Waals surface area contributed by atoms with Crippen LogP contribution in [0.25, 0.3) is 111 Å². The van der Waals surface area contributed by atoms with Crippen LogP contribution in [0.3, 0.4) is 0 Å². The number of imidazole rings is 4. The fourth-order valence-corrected chi connectivity index (χ4v) is 9.97. The van der Waals surface area contributed by atoms with Gasteiger partial charge in [-0.15, -0.1) is 0 Å². The molecule has 14 aromatic rings. The van der Waals surface area contributed by atoms with E-state index < -0.39 is 0 Å². The molecule has 0 radical (unpaired) electrons. The van der Waals surface area contributed by atoms with E-state index >= 15 is 0 Å². The van der Waals surface area contributed by atoms with E-state index in [9.17, 15) is 0 Å². The van der Waals surface area contributed by atoms with Gasteiger partial charge in [0, 0.05) is 27.5 Å². The Morgan fingerprint density at radius 1 is 0.283 bits per heavy atom. The topological polar surface area (TPSA) is 54.3 Å². The van der Waals surface area contributed by atoms with E-state index in [1.807, 2.05) is 0 Å². The summed E-state index contributed by atoms with van der Waals surface area (Å²) in [6, 6.07) is 69.3. The van der Waals surface area contributed by atoms with Crippen molar-refractivity contribution in [1.82, 2.24) is 37.0 Å². The van der Waals surface area contributed by atoms with Gasteiger partial charge < -0.3 is 0 Å². The lowest BCUT2D eigenvalue weighted by atomic mass is 10.1. The van der Waals surface area contributed by atoms with Gasteiger partial charge in [0.25, 0.3) is 0 Å². The second kappa shape index (κ2) is 11.6. The molecule has 8 nitrogen and oxygen atoms in total. The highest BCUT2D eigenvalue weighted by molar-refractivity contribution is 6.22. The Kier molecular flexibility index (Phi) is 6.14. The quantitative estimate of drug-likeness (QED) is 0.179. The van der Waals surface area contributed by atoms with Crippen LogP contribution < -0.4 is 0 Å². The Morgan fingerprint density at radius 2 is 0.633 bits per heavy atom. The van der Waals surface area contributed by atoms with Crippen LogP contribution in [0.4, 0.5) is 0 Å². The summed E-state index contributed by atoms with van der Waals surface area (Å²) < 4.78 is 14.0. The molecule has 8 aromatic carbocycles.